The van der Waals surface area contributed by atoms with Gasteiger partial charge in [0.1, 0.15) is 5.82 Å². The topological polar surface area (TPSA) is 78.6 Å². The van der Waals surface area contributed by atoms with Crippen LogP contribution in [0.15, 0.2) is 47.5 Å². The molecule has 5 nitrogen and oxygen atoms in total. The Morgan fingerprint density at radius 1 is 1.20 bits per heavy atom. The molecule has 6 heteroatoms. The molecule has 0 bridgehead atoms. The number of hydrogen-bond donors (Lipinski definition) is 0. The first-order valence-electron chi connectivity index (χ1n) is 5.76. The summed E-state index contributed by atoms with van der Waals surface area (Å²) in [5.41, 5.74) is 0.773. The second-order valence-electron chi connectivity index (χ2n) is 4.08. The molecule has 0 saturated heterocycles. The fraction of sp³-hybridized carbons (Fsp3) is 0.0714. The molecule has 0 spiro atoms. The second-order valence-corrected chi connectivity index (χ2v) is 4.08. The fourth-order valence-corrected chi connectivity index (χ4v) is 1.59. The van der Waals surface area contributed by atoms with Gasteiger partial charge in [-0.15, -0.1) is 0 Å². The molecule has 0 unspecified atom stereocenters. The number of aliphatic imine (C=N–C) groups is 1. The monoisotopic (exact) mass is 273 g/mol. The number of benzene rings is 2. The molecule has 0 fully saturated rings. The van der Waals surface area contributed by atoms with Crippen LogP contribution in [0.25, 0.3) is 0 Å². The van der Waals surface area contributed by atoms with E-state index in [1.54, 1.807) is 12.1 Å². The predicted octanol–water partition coefficient (Wildman–Crippen LogP) is 2.43. The van der Waals surface area contributed by atoms with E-state index >= 15 is 0 Å². The molecular formula is C14H10FN2O3-. The van der Waals surface area contributed by atoms with Gasteiger partial charge in [-0.2, -0.15) is 0 Å². The average Bonchev–Trinajstić information content (AvgIpc) is 2.43. The van der Waals surface area contributed by atoms with E-state index in [0.717, 1.165) is 17.7 Å². The third-order valence-corrected chi connectivity index (χ3v) is 2.62. The molecule has 0 saturated carbocycles. The minimum absolute atomic E-state index is 0.154. The zero-order valence-electron chi connectivity index (χ0n) is 10.3. The lowest BCUT2D eigenvalue weighted by molar-refractivity contribution is -0.385. The van der Waals surface area contributed by atoms with Gasteiger partial charge in [-0.3, -0.25) is 15.1 Å². The average molecular weight is 273 g/mol. The van der Waals surface area contributed by atoms with Crippen molar-refractivity contribution in [2.24, 2.45) is 4.99 Å². The Balaban J connectivity index is 2.12. The lowest BCUT2D eigenvalue weighted by atomic mass is 10.2. The first-order valence-corrected chi connectivity index (χ1v) is 5.76. The highest BCUT2D eigenvalue weighted by Gasteiger charge is 2.05. The summed E-state index contributed by atoms with van der Waals surface area (Å²) in [5.74, 6) is -0.670. The van der Waals surface area contributed by atoms with Gasteiger partial charge in [0, 0.05) is 18.3 Å². The van der Waals surface area contributed by atoms with Crippen LogP contribution >= 0.6 is 0 Å². The van der Waals surface area contributed by atoms with E-state index in [9.17, 15) is 19.6 Å². The summed E-state index contributed by atoms with van der Waals surface area (Å²) in [5, 5.41) is 22.1. The van der Waals surface area contributed by atoms with Gasteiger partial charge in [-0.1, -0.05) is 23.9 Å². The predicted molar refractivity (Wildman–Crippen MR) is 70.2 cm³/mol. The largest absolute Gasteiger partial charge is 0.872 e. The van der Waals surface area contributed by atoms with Crippen molar-refractivity contribution in [1.29, 1.82) is 0 Å². The highest BCUT2D eigenvalue weighted by atomic mass is 19.1. The number of nitro benzene ring substituents is 1. The molecule has 0 amide bonds. The molecule has 0 aliphatic carbocycles. The molecule has 2 rings (SSSR count). The van der Waals surface area contributed by atoms with E-state index in [1.165, 1.54) is 24.4 Å². The molecule has 0 N–H and O–H groups in total. The van der Waals surface area contributed by atoms with Gasteiger partial charge in [0.05, 0.1) is 11.5 Å². The number of nitro groups is 1. The molecule has 0 aliphatic rings. The van der Waals surface area contributed by atoms with Gasteiger partial charge in [0.25, 0.3) is 5.69 Å². The maximum atomic E-state index is 12.7. The van der Waals surface area contributed by atoms with E-state index in [1.807, 2.05) is 0 Å². The molecule has 0 aliphatic heterocycles. The molecule has 0 radical (unpaired) electrons. The van der Waals surface area contributed by atoms with Crippen LogP contribution in [0.2, 0.25) is 0 Å². The molecule has 20 heavy (non-hydrogen) atoms. The van der Waals surface area contributed by atoms with E-state index in [2.05, 4.69) is 4.99 Å². The normalized spacial score (nSPS) is 10.8. The number of hydrogen-bond acceptors (Lipinski definition) is 4. The van der Waals surface area contributed by atoms with Gasteiger partial charge in [0.15, 0.2) is 0 Å². The highest BCUT2D eigenvalue weighted by molar-refractivity contribution is 5.84. The van der Waals surface area contributed by atoms with Crippen molar-refractivity contribution in [2.45, 2.75) is 6.54 Å². The zero-order chi connectivity index (χ0) is 14.5. The van der Waals surface area contributed by atoms with Crippen LogP contribution < -0.4 is 5.11 Å². The lowest BCUT2D eigenvalue weighted by Crippen LogP contribution is -1.98. The van der Waals surface area contributed by atoms with Gasteiger partial charge in [-0.25, -0.2) is 4.39 Å². The number of halogens is 1. The maximum Gasteiger partial charge on any atom is 0.270 e. The summed E-state index contributed by atoms with van der Waals surface area (Å²) in [7, 11) is 0. The van der Waals surface area contributed by atoms with Crippen molar-refractivity contribution in [2.75, 3.05) is 0 Å². The van der Waals surface area contributed by atoms with Crippen molar-refractivity contribution in [1.82, 2.24) is 0 Å². The summed E-state index contributed by atoms with van der Waals surface area (Å²) >= 11 is 0. The Morgan fingerprint density at radius 3 is 2.55 bits per heavy atom. The van der Waals surface area contributed by atoms with Gasteiger partial charge in [-0.05, 0) is 23.3 Å². The Morgan fingerprint density at radius 2 is 1.90 bits per heavy atom. The highest BCUT2D eigenvalue weighted by Crippen LogP contribution is 2.19. The molecule has 2 aromatic rings. The number of rotatable bonds is 4. The molecule has 0 atom stereocenters. The summed E-state index contributed by atoms with van der Waals surface area (Å²) in [6, 6.07) is 9.26. The van der Waals surface area contributed by atoms with Crippen LogP contribution in [0.4, 0.5) is 10.1 Å². The summed E-state index contributed by atoms with van der Waals surface area (Å²) in [6.07, 6.45) is 1.29. The quantitative estimate of drug-likeness (QED) is 0.487. The third-order valence-electron chi connectivity index (χ3n) is 2.62. The molecule has 102 valence electrons. The third kappa shape index (κ3) is 3.38. The van der Waals surface area contributed by atoms with Crippen LogP contribution in [0.3, 0.4) is 0 Å². The zero-order valence-corrected chi connectivity index (χ0v) is 10.3. The Labute approximate surface area is 114 Å². The molecular weight excluding hydrogens is 263 g/mol. The van der Waals surface area contributed by atoms with Crippen molar-refractivity contribution >= 4 is 11.9 Å². The van der Waals surface area contributed by atoms with Gasteiger partial charge >= 0.3 is 0 Å². The second kappa shape index (κ2) is 5.92. The Bertz CT molecular complexity index is 654. The minimum Gasteiger partial charge on any atom is -0.872 e. The maximum absolute atomic E-state index is 12.7. The smallest absolute Gasteiger partial charge is 0.270 e. The van der Waals surface area contributed by atoms with Crippen LogP contribution in [0.1, 0.15) is 11.1 Å². The van der Waals surface area contributed by atoms with E-state index in [4.69, 9.17) is 0 Å². The summed E-state index contributed by atoms with van der Waals surface area (Å²) in [6.45, 7) is 0.266. The number of non-ortho nitro benzene ring substituents is 1. The first kappa shape index (κ1) is 13.7. The van der Waals surface area contributed by atoms with Crippen molar-refractivity contribution in [3.8, 4) is 5.75 Å². The Hall–Kier alpha value is -2.76. The van der Waals surface area contributed by atoms with E-state index < -0.39 is 4.92 Å². The van der Waals surface area contributed by atoms with Crippen LogP contribution in [-0.4, -0.2) is 11.1 Å². The Kier molecular flexibility index (Phi) is 4.05. The standard InChI is InChI=1S/C14H11FN2O3/c15-12-3-1-10(2-4-12)8-16-9-11-7-13(17(19)20)5-6-14(11)18/h1-7,9,18H,8H2/p-1. The van der Waals surface area contributed by atoms with Gasteiger partial charge < -0.3 is 5.11 Å². The SMILES string of the molecule is O=[N+]([O-])c1ccc([O-])c(C=NCc2ccc(F)cc2)c1. The molecule has 2 aromatic carbocycles. The van der Waals surface area contributed by atoms with Crippen molar-refractivity contribution < 1.29 is 14.4 Å². The first-order chi connectivity index (χ1) is 9.56. The van der Waals surface area contributed by atoms with E-state index in [0.29, 0.717) is 0 Å². The van der Waals surface area contributed by atoms with E-state index in [-0.39, 0.29) is 29.4 Å². The van der Waals surface area contributed by atoms with Crippen LogP contribution in [0.5, 0.6) is 5.75 Å². The van der Waals surface area contributed by atoms with Crippen molar-refractivity contribution in [3.63, 3.8) is 0 Å². The fourth-order valence-electron chi connectivity index (χ4n) is 1.59. The summed E-state index contributed by atoms with van der Waals surface area (Å²) in [4.78, 5) is 14.1. The van der Waals surface area contributed by atoms with Crippen molar-refractivity contribution in [3.05, 3.63) is 69.5 Å². The molecule has 0 aromatic heterocycles. The van der Waals surface area contributed by atoms with Gasteiger partial charge in [0.2, 0.25) is 0 Å². The lowest BCUT2D eigenvalue weighted by Gasteiger charge is -2.08. The van der Waals surface area contributed by atoms with Crippen LogP contribution in [0, 0.1) is 15.9 Å². The minimum atomic E-state index is -0.573. The van der Waals surface area contributed by atoms with Crippen LogP contribution in [-0.2, 0) is 6.54 Å². The number of nitrogens with zero attached hydrogens (tertiary/aromatic N) is 2. The molecule has 0 heterocycles. The summed E-state index contributed by atoms with van der Waals surface area (Å²) < 4.78 is 12.7.